The molecule has 0 amide bonds. The van der Waals surface area contributed by atoms with Gasteiger partial charge >= 0.3 is 7.60 Å². The van der Waals surface area contributed by atoms with Gasteiger partial charge in [0.15, 0.2) is 0 Å². The highest BCUT2D eigenvalue weighted by molar-refractivity contribution is 7.54. The molecule has 0 aromatic heterocycles. The van der Waals surface area contributed by atoms with Gasteiger partial charge in [-0.25, -0.2) is 8.78 Å². The summed E-state index contributed by atoms with van der Waals surface area (Å²) in [6.07, 6.45) is 0.818. The van der Waals surface area contributed by atoms with Gasteiger partial charge in [-0.1, -0.05) is 12.1 Å². The van der Waals surface area contributed by atoms with Crippen LogP contribution in [0.15, 0.2) is 30.9 Å². The molecule has 0 heterocycles. The zero-order chi connectivity index (χ0) is 16.1. The first-order valence-corrected chi connectivity index (χ1v) is 8.07. The molecule has 0 aliphatic carbocycles. The molecule has 1 aromatic rings. The van der Waals surface area contributed by atoms with E-state index in [1.165, 1.54) is 19.9 Å². The standard InChI is InChI=1S/C14H19F2O4P/c1-4-10-14(17,21(18,19-5-2)20-6-3)13-11(15)8-7-9-12(13)16/h4,7-9,17H,1,5-6,10H2,2-3H3. The molecule has 0 spiro atoms. The predicted molar refractivity (Wildman–Crippen MR) is 75.9 cm³/mol. The molecule has 0 bridgehead atoms. The number of halogens is 2. The molecule has 21 heavy (non-hydrogen) atoms. The maximum absolute atomic E-state index is 14.0. The number of rotatable bonds is 8. The Morgan fingerprint density at radius 3 is 2.14 bits per heavy atom. The fourth-order valence-electron chi connectivity index (χ4n) is 2.02. The summed E-state index contributed by atoms with van der Waals surface area (Å²) in [6, 6.07) is 3.08. The maximum Gasteiger partial charge on any atom is 0.367 e. The molecule has 0 saturated carbocycles. The molecular formula is C14H19F2O4P. The third kappa shape index (κ3) is 3.40. The Bertz CT molecular complexity index is 520. The summed E-state index contributed by atoms with van der Waals surface area (Å²) in [5.41, 5.74) is -0.741. The summed E-state index contributed by atoms with van der Waals surface area (Å²) in [5.74, 6) is -2.06. The predicted octanol–water partition coefficient (Wildman–Crippen LogP) is 3.95. The second kappa shape index (κ2) is 7.27. The Hall–Kier alpha value is -1.07. The molecule has 4 nitrogen and oxygen atoms in total. The fourth-order valence-corrected chi connectivity index (χ4v) is 4.04. The highest BCUT2D eigenvalue weighted by Gasteiger charge is 2.53. The van der Waals surface area contributed by atoms with Crippen molar-refractivity contribution >= 4 is 7.60 Å². The Morgan fingerprint density at radius 2 is 1.76 bits per heavy atom. The smallest absolute Gasteiger partial charge is 0.367 e. The van der Waals surface area contributed by atoms with Crippen molar-refractivity contribution in [3.05, 3.63) is 48.1 Å². The lowest BCUT2D eigenvalue weighted by Crippen LogP contribution is -2.30. The van der Waals surface area contributed by atoms with Gasteiger partial charge in [0.2, 0.25) is 5.34 Å². The molecule has 1 rings (SSSR count). The highest BCUT2D eigenvalue weighted by Crippen LogP contribution is 2.65. The molecule has 1 N–H and O–H groups in total. The summed E-state index contributed by atoms with van der Waals surface area (Å²) >= 11 is 0. The van der Waals surface area contributed by atoms with E-state index in [0.29, 0.717) is 0 Å². The van der Waals surface area contributed by atoms with Crippen LogP contribution in [0.1, 0.15) is 25.8 Å². The number of aliphatic hydroxyl groups is 1. The van der Waals surface area contributed by atoms with Crippen LogP contribution in [0, 0.1) is 11.6 Å². The van der Waals surface area contributed by atoms with Crippen LogP contribution < -0.4 is 0 Å². The van der Waals surface area contributed by atoms with Crippen molar-refractivity contribution in [3.63, 3.8) is 0 Å². The van der Waals surface area contributed by atoms with E-state index in [1.807, 2.05) is 0 Å². The molecule has 0 radical (unpaired) electrons. The third-order valence-electron chi connectivity index (χ3n) is 2.84. The second-order valence-corrected chi connectivity index (χ2v) is 6.49. The zero-order valence-electron chi connectivity index (χ0n) is 12.0. The largest absolute Gasteiger partial charge is 0.373 e. The molecule has 1 atom stereocenters. The van der Waals surface area contributed by atoms with Crippen LogP contribution in [-0.2, 0) is 19.0 Å². The van der Waals surface area contributed by atoms with Gasteiger partial charge < -0.3 is 14.2 Å². The summed E-state index contributed by atoms with van der Waals surface area (Å²) in [5, 5.41) is 8.29. The van der Waals surface area contributed by atoms with Gasteiger partial charge in [-0.05, 0) is 26.0 Å². The van der Waals surface area contributed by atoms with E-state index >= 15 is 0 Å². The van der Waals surface area contributed by atoms with Crippen molar-refractivity contribution in [3.8, 4) is 0 Å². The van der Waals surface area contributed by atoms with Crippen LogP contribution in [-0.4, -0.2) is 18.3 Å². The van der Waals surface area contributed by atoms with Crippen LogP contribution in [0.2, 0.25) is 0 Å². The van der Waals surface area contributed by atoms with Gasteiger partial charge in [-0.2, -0.15) is 0 Å². The van der Waals surface area contributed by atoms with Crippen LogP contribution in [0.25, 0.3) is 0 Å². The van der Waals surface area contributed by atoms with E-state index in [0.717, 1.165) is 18.2 Å². The van der Waals surface area contributed by atoms with Crippen LogP contribution in [0.4, 0.5) is 8.78 Å². The summed E-state index contributed by atoms with van der Waals surface area (Å²) < 4.78 is 51.0. The first-order valence-electron chi connectivity index (χ1n) is 6.53. The summed E-state index contributed by atoms with van der Waals surface area (Å²) in [7, 11) is -4.23. The average molecular weight is 320 g/mol. The summed E-state index contributed by atoms with van der Waals surface area (Å²) in [4.78, 5) is 0. The SMILES string of the molecule is C=CCC(O)(c1c(F)cccc1F)P(=O)(OCC)OCC. The Balaban J connectivity index is 3.56. The molecular weight excluding hydrogens is 301 g/mol. The van der Waals surface area contributed by atoms with E-state index in [4.69, 9.17) is 9.05 Å². The third-order valence-corrected chi connectivity index (χ3v) is 5.35. The molecule has 0 saturated heterocycles. The lowest BCUT2D eigenvalue weighted by molar-refractivity contribution is 0.0616. The summed E-state index contributed by atoms with van der Waals surface area (Å²) in [6.45, 7) is 6.41. The van der Waals surface area contributed by atoms with E-state index in [-0.39, 0.29) is 19.6 Å². The average Bonchev–Trinajstić information content (AvgIpc) is 2.39. The number of benzene rings is 1. The van der Waals surface area contributed by atoms with Crippen molar-refractivity contribution in [2.45, 2.75) is 25.6 Å². The molecule has 1 unspecified atom stereocenters. The van der Waals surface area contributed by atoms with Gasteiger partial charge in [-0.3, -0.25) is 4.57 Å². The fraction of sp³-hybridized carbons (Fsp3) is 0.429. The van der Waals surface area contributed by atoms with Crippen LogP contribution in [0.3, 0.4) is 0 Å². The van der Waals surface area contributed by atoms with Crippen molar-refractivity contribution in [1.82, 2.24) is 0 Å². The molecule has 7 heteroatoms. The normalized spacial score (nSPS) is 14.7. The molecule has 0 aliphatic heterocycles. The lowest BCUT2D eigenvalue weighted by Gasteiger charge is -2.34. The minimum atomic E-state index is -4.23. The molecule has 118 valence electrons. The first-order chi connectivity index (χ1) is 9.86. The highest BCUT2D eigenvalue weighted by atomic mass is 31.2. The Labute approximate surface area is 122 Å². The van der Waals surface area contributed by atoms with E-state index in [2.05, 4.69) is 6.58 Å². The van der Waals surface area contributed by atoms with Crippen molar-refractivity contribution in [2.75, 3.05) is 13.2 Å². The second-order valence-electron chi connectivity index (χ2n) is 4.24. The van der Waals surface area contributed by atoms with Crippen molar-refractivity contribution < 1.29 is 27.5 Å². The van der Waals surface area contributed by atoms with Crippen LogP contribution in [0.5, 0.6) is 0 Å². The molecule has 1 aromatic carbocycles. The van der Waals surface area contributed by atoms with Gasteiger partial charge in [-0.15, -0.1) is 6.58 Å². The monoisotopic (exact) mass is 320 g/mol. The zero-order valence-corrected chi connectivity index (χ0v) is 12.9. The number of hydrogen-bond acceptors (Lipinski definition) is 4. The molecule has 0 aliphatic rings. The van der Waals surface area contributed by atoms with E-state index < -0.39 is 30.1 Å². The lowest BCUT2D eigenvalue weighted by atomic mass is 10.0. The number of hydrogen-bond donors (Lipinski definition) is 1. The first kappa shape index (κ1) is 18.0. The Kier molecular flexibility index (Phi) is 6.23. The van der Waals surface area contributed by atoms with Gasteiger partial charge in [0.1, 0.15) is 11.6 Å². The van der Waals surface area contributed by atoms with Gasteiger partial charge in [0.25, 0.3) is 0 Å². The van der Waals surface area contributed by atoms with Gasteiger partial charge in [0.05, 0.1) is 18.8 Å². The van der Waals surface area contributed by atoms with Gasteiger partial charge in [0, 0.05) is 6.42 Å². The molecule has 0 fully saturated rings. The van der Waals surface area contributed by atoms with Crippen molar-refractivity contribution in [2.24, 2.45) is 0 Å². The van der Waals surface area contributed by atoms with E-state index in [9.17, 15) is 18.5 Å². The van der Waals surface area contributed by atoms with E-state index in [1.54, 1.807) is 0 Å². The minimum absolute atomic E-state index is 0.0488. The maximum atomic E-state index is 14.0. The Morgan fingerprint density at radius 1 is 1.29 bits per heavy atom. The minimum Gasteiger partial charge on any atom is -0.373 e. The van der Waals surface area contributed by atoms with Crippen LogP contribution >= 0.6 is 7.60 Å². The topological polar surface area (TPSA) is 55.8 Å². The van der Waals surface area contributed by atoms with Crippen molar-refractivity contribution in [1.29, 1.82) is 0 Å². The quantitative estimate of drug-likeness (QED) is 0.582.